The van der Waals surface area contributed by atoms with Crippen molar-refractivity contribution in [2.75, 3.05) is 20.3 Å². The number of ether oxygens (including phenoxy) is 1. The van der Waals surface area contributed by atoms with Crippen LogP contribution in [-0.4, -0.2) is 37.2 Å². The fraction of sp³-hybridized carbons (Fsp3) is 0.429. The van der Waals surface area contributed by atoms with Crippen molar-refractivity contribution >= 4 is 11.9 Å². The number of amides is 1. The zero-order chi connectivity index (χ0) is 9.40. The summed E-state index contributed by atoms with van der Waals surface area (Å²) in [6.07, 6.45) is 1.74. The van der Waals surface area contributed by atoms with Gasteiger partial charge in [-0.25, -0.2) is 4.79 Å². The van der Waals surface area contributed by atoms with Crippen LogP contribution in [0.1, 0.15) is 0 Å². The van der Waals surface area contributed by atoms with Crippen molar-refractivity contribution in [2.24, 2.45) is 0 Å². The van der Waals surface area contributed by atoms with Crippen LogP contribution in [0.4, 0.5) is 0 Å². The van der Waals surface area contributed by atoms with Gasteiger partial charge in [0.05, 0.1) is 6.61 Å². The summed E-state index contributed by atoms with van der Waals surface area (Å²) in [6, 6.07) is 0. The smallest absolute Gasteiger partial charge is 0.328 e. The lowest BCUT2D eigenvalue weighted by molar-refractivity contribution is -0.131. The fourth-order valence-corrected chi connectivity index (χ4v) is 0.482. The molecule has 0 aliphatic rings. The van der Waals surface area contributed by atoms with Crippen LogP contribution in [0.3, 0.4) is 0 Å². The number of rotatable bonds is 5. The Kier molecular flexibility index (Phi) is 5.64. The van der Waals surface area contributed by atoms with Crippen molar-refractivity contribution in [3.05, 3.63) is 12.2 Å². The molecule has 2 N–H and O–H groups in total. The molecule has 12 heavy (non-hydrogen) atoms. The Morgan fingerprint density at radius 3 is 2.67 bits per heavy atom. The number of carbonyl (C=O) groups excluding carboxylic acids is 1. The number of hydrogen-bond donors (Lipinski definition) is 2. The molecule has 5 nitrogen and oxygen atoms in total. The Labute approximate surface area is 70.0 Å². The lowest BCUT2D eigenvalue weighted by atomic mass is 10.4. The van der Waals surface area contributed by atoms with Gasteiger partial charge in [-0.15, -0.1) is 0 Å². The molecular weight excluding hydrogens is 162 g/mol. The van der Waals surface area contributed by atoms with Gasteiger partial charge in [-0.05, 0) is 0 Å². The van der Waals surface area contributed by atoms with Crippen molar-refractivity contribution < 1.29 is 19.4 Å². The number of carboxylic acids is 1. The Hall–Kier alpha value is -1.36. The molecule has 0 fully saturated rings. The van der Waals surface area contributed by atoms with E-state index in [4.69, 9.17) is 5.11 Å². The summed E-state index contributed by atoms with van der Waals surface area (Å²) >= 11 is 0. The minimum Gasteiger partial charge on any atom is -0.478 e. The molecular formula is C7H11NO4. The summed E-state index contributed by atoms with van der Waals surface area (Å²) in [5, 5.41) is 10.6. The average molecular weight is 173 g/mol. The molecule has 0 bridgehead atoms. The van der Waals surface area contributed by atoms with E-state index in [1.165, 1.54) is 7.11 Å². The van der Waals surface area contributed by atoms with Gasteiger partial charge in [-0.2, -0.15) is 0 Å². The van der Waals surface area contributed by atoms with E-state index < -0.39 is 11.9 Å². The highest BCUT2D eigenvalue weighted by molar-refractivity contribution is 5.93. The molecule has 0 unspecified atom stereocenters. The SMILES string of the molecule is COCCNC(=O)/C=C\C(=O)O. The molecule has 0 atom stereocenters. The number of carboxylic acid groups (broad SMARTS) is 1. The van der Waals surface area contributed by atoms with Gasteiger partial charge in [0, 0.05) is 25.8 Å². The maximum atomic E-state index is 10.7. The van der Waals surface area contributed by atoms with Crippen molar-refractivity contribution in [1.29, 1.82) is 0 Å². The molecule has 0 aromatic rings. The molecule has 0 aliphatic carbocycles. The first-order valence-corrected chi connectivity index (χ1v) is 3.34. The van der Waals surface area contributed by atoms with Gasteiger partial charge in [-0.1, -0.05) is 0 Å². The Balaban J connectivity index is 3.53. The summed E-state index contributed by atoms with van der Waals surface area (Å²) in [6.45, 7) is 0.784. The summed E-state index contributed by atoms with van der Waals surface area (Å²) < 4.78 is 4.66. The summed E-state index contributed by atoms with van der Waals surface area (Å²) in [5.74, 6) is -1.58. The minimum absolute atomic E-state index is 0.374. The zero-order valence-electron chi connectivity index (χ0n) is 6.74. The predicted molar refractivity (Wildman–Crippen MR) is 41.7 cm³/mol. The molecule has 0 heterocycles. The molecule has 68 valence electrons. The number of nitrogens with one attached hydrogen (secondary N) is 1. The second kappa shape index (κ2) is 6.36. The second-order valence-electron chi connectivity index (χ2n) is 1.96. The number of carbonyl (C=O) groups is 2. The number of hydrogen-bond acceptors (Lipinski definition) is 3. The maximum Gasteiger partial charge on any atom is 0.328 e. The first-order valence-electron chi connectivity index (χ1n) is 3.34. The zero-order valence-corrected chi connectivity index (χ0v) is 6.74. The fourth-order valence-electron chi connectivity index (χ4n) is 0.482. The van der Waals surface area contributed by atoms with E-state index in [0.717, 1.165) is 12.2 Å². The van der Waals surface area contributed by atoms with E-state index in [-0.39, 0.29) is 0 Å². The Morgan fingerprint density at radius 1 is 1.50 bits per heavy atom. The molecule has 0 saturated carbocycles. The molecule has 0 spiro atoms. The van der Waals surface area contributed by atoms with Gasteiger partial charge in [-0.3, -0.25) is 4.79 Å². The molecule has 0 aromatic carbocycles. The van der Waals surface area contributed by atoms with E-state index >= 15 is 0 Å². The van der Waals surface area contributed by atoms with Gasteiger partial charge in [0.15, 0.2) is 0 Å². The number of methoxy groups -OCH3 is 1. The van der Waals surface area contributed by atoms with E-state index in [0.29, 0.717) is 13.2 Å². The maximum absolute atomic E-state index is 10.7. The number of aliphatic carboxylic acids is 1. The Morgan fingerprint density at radius 2 is 2.17 bits per heavy atom. The molecule has 1 amide bonds. The van der Waals surface area contributed by atoms with Crippen LogP contribution in [0.15, 0.2) is 12.2 Å². The molecule has 0 aromatic heterocycles. The highest BCUT2D eigenvalue weighted by Crippen LogP contribution is 1.74. The van der Waals surface area contributed by atoms with E-state index in [2.05, 4.69) is 10.1 Å². The van der Waals surface area contributed by atoms with Gasteiger partial charge < -0.3 is 15.2 Å². The van der Waals surface area contributed by atoms with Crippen LogP contribution in [0.5, 0.6) is 0 Å². The average Bonchev–Trinajstić information content (AvgIpc) is 2.01. The van der Waals surface area contributed by atoms with Crippen molar-refractivity contribution in [1.82, 2.24) is 5.32 Å². The molecule has 0 aliphatic heterocycles. The molecule has 0 rings (SSSR count). The molecule has 0 saturated heterocycles. The predicted octanol–water partition coefficient (Wildman–Crippen LogP) is -0.610. The van der Waals surface area contributed by atoms with Gasteiger partial charge in [0.1, 0.15) is 0 Å². The lowest BCUT2D eigenvalue weighted by Crippen LogP contribution is -2.25. The van der Waals surface area contributed by atoms with Gasteiger partial charge >= 0.3 is 5.97 Å². The van der Waals surface area contributed by atoms with E-state index in [1.807, 2.05) is 0 Å². The third kappa shape index (κ3) is 6.76. The van der Waals surface area contributed by atoms with Gasteiger partial charge in [0.2, 0.25) is 5.91 Å². The summed E-state index contributed by atoms with van der Waals surface area (Å²) in [4.78, 5) is 20.6. The van der Waals surface area contributed by atoms with Crippen LogP contribution in [0.2, 0.25) is 0 Å². The van der Waals surface area contributed by atoms with Crippen LogP contribution in [0, 0.1) is 0 Å². The van der Waals surface area contributed by atoms with Crippen molar-refractivity contribution in [2.45, 2.75) is 0 Å². The first-order chi connectivity index (χ1) is 5.66. The van der Waals surface area contributed by atoms with Gasteiger partial charge in [0.25, 0.3) is 0 Å². The standard InChI is InChI=1S/C7H11NO4/c1-12-5-4-8-6(9)2-3-7(10)11/h2-3H,4-5H2,1H3,(H,8,9)(H,10,11)/b3-2-. The quantitative estimate of drug-likeness (QED) is 0.429. The third-order valence-electron chi connectivity index (χ3n) is 0.983. The van der Waals surface area contributed by atoms with E-state index in [9.17, 15) is 9.59 Å². The second-order valence-corrected chi connectivity index (χ2v) is 1.96. The topological polar surface area (TPSA) is 75.6 Å². The van der Waals surface area contributed by atoms with Crippen molar-refractivity contribution in [3.63, 3.8) is 0 Å². The first kappa shape index (κ1) is 10.6. The normalized spacial score (nSPS) is 10.1. The van der Waals surface area contributed by atoms with Crippen LogP contribution in [0.25, 0.3) is 0 Å². The summed E-state index contributed by atoms with van der Waals surface area (Å²) in [5.41, 5.74) is 0. The molecule has 5 heteroatoms. The van der Waals surface area contributed by atoms with Crippen LogP contribution < -0.4 is 5.32 Å². The summed E-state index contributed by atoms with van der Waals surface area (Å²) in [7, 11) is 1.51. The van der Waals surface area contributed by atoms with E-state index in [1.54, 1.807) is 0 Å². The molecule has 0 radical (unpaired) electrons. The third-order valence-corrected chi connectivity index (χ3v) is 0.983. The van der Waals surface area contributed by atoms with Crippen LogP contribution in [-0.2, 0) is 14.3 Å². The minimum atomic E-state index is -1.14. The largest absolute Gasteiger partial charge is 0.478 e. The lowest BCUT2D eigenvalue weighted by Gasteiger charge is -1.98. The van der Waals surface area contributed by atoms with Crippen LogP contribution >= 0.6 is 0 Å². The Bertz CT molecular complexity index is 188. The van der Waals surface area contributed by atoms with Crippen molar-refractivity contribution in [3.8, 4) is 0 Å². The highest BCUT2D eigenvalue weighted by Gasteiger charge is 1.94. The highest BCUT2D eigenvalue weighted by atomic mass is 16.5. The monoisotopic (exact) mass is 173 g/mol.